The number of thiophene rings is 1. The second-order valence-electron chi connectivity index (χ2n) is 4.98. The first kappa shape index (κ1) is 13.8. The van der Waals surface area contributed by atoms with E-state index in [1.807, 2.05) is 18.4 Å². The van der Waals surface area contributed by atoms with Crippen molar-refractivity contribution >= 4 is 28.9 Å². The van der Waals surface area contributed by atoms with Crippen LogP contribution < -0.4 is 0 Å². The monoisotopic (exact) mass is 287 g/mol. The molecule has 3 nitrogen and oxygen atoms in total. The van der Waals surface area contributed by atoms with Crippen molar-refractivity contribution in [1.82, 2.24) is 4.90 Å². The van der Waals surface area contributed by atoms with E-state index in [0.717, 1.165) is 31.0 Å². The predicted octanol–water partition coefficient (Wildman–Crippen LogP) is 3.48. The van der Waals surface area contributed by atoms with Gasteiger partial charge < -0.3 is 5.11 Å². The van der Waals surface area contributed by atoms with Crippen molar-refractivity contribution in [2.75, 3.05) is 13.1 Å². The van der Waals surface area contributed by atoms with Crippen molar-refractivity contribution in [3.05, 3.63) is 21.3 Å². The first-order chi connectivity index (χ1) is 8.55. The molecule has 1 saturated heterocycles. The topological polar surface area (TPSA) is 40.5 Å². The van der Waals surface area contributed by atoms with E-state index in [4.69, 9.17) is 11.6 Å². The summed E-state index contributed by atoms with van der Waals surface area (Å²) < 4.78 is 0. The molecular formula is C13H18ClNO2S. The van der Waals surface area contributed by atoms with Gasteiger partial charge in [0.05, 0.1) is 10.4 Å². The largest absolute Gasteiger partial charge is 0.481 e. The van der Waals surface area contributed by atoms with E-state index in [-0.39, 0.29) is 0 Å². The van der Waals surface area contributed by atoms with Crippen LogP contribution in [0.1, 0.15) is 31.1 Å². The Labute approximate surface area is 116 Å². The molecule has 1 fully saturated rings. The van der Waals surface area contributed by atoms with Crippen LogP contribution in [0.15, 0.2) is 11.4 Å². The number of nitrogens with zero attached hydrogens (tertiary/aromatic N) is 1. The van der Waals surface area contributed by atoms with Crippen molar-refractivity contribution < 1.29 is 9.90 Å². The average molecular weight is 288 g/mol. The van der Waals surface area contributed by atoms with Gasteiger partial charge in [-0.05, 0) is 31.9 Å². The van der Waals surface area contributed by atoms with Gasteiger partial charge in [-0.3, -0.25) is 9.69 Å². The zero-order valence-corrected chi connectivity index (χ0v) is 12.1. The minimum Gasteiger partial charge on any atom is -0.481 e. The average Bonchev–Trinajstić information content (AvgIpc) is 2.74. The highest BCUT2D eigenvalue weighted by Gasteiger charge is 2.40. The lowest BCUT2D eigenvalue weighted by atomic mass is 9.77. The summed E-state index contributed by atoms with van der Waals surface area (Å²) in [5.41, 5.74) is -0.556. The molecule has 0 aliphatic carbocycles. The summed E-state index contributed by atoms with van der Waals surface area (Å²) in [5, 5.41) is 12.1. The Balaban J connectivity index is 2.04. The number of hydrogen-bond acceptors (Lipinski definition) is 3. The molecule has 1 aliphatic rings. The summed E-state index contributed by atoms with van der Waals surface area (Å²) in [6.07, 6.45) is 2.45. The fourth-order valence-electron chi connectivity index (χ4n) is 2.63. The minimum atomic E-state index is -0.654. The normalized spacial score (nSPS) is 25.2. The quantitative estimate of drug-likeness (QED) is 0.922. The summed E-state index contributed by atoms with van der Waals surface area (Å²) in [7, 11) is 0. The molecule has 2 heterocycles. The highest BCUT2D eigenvalue weighted by molar-refractivity contribution is 7.10. The number of carboxylic acids is 1. The standard InChI is InChI=1S/C13H18ClNO2S/c1-2-13(12(16)17)4-3-5-15(9-13)7-11-6-10(14)8-18-11/h6,8H,2-5,7,9H2,1H3,(H,16,17). The van der Waals surface area contributed by atoms with Crippen LogP contribution in [0, 0.1) is 5.41 Å². The van der Waals surface area contributed by atoms with Gasteiger partial charge in [0.2, 0.25) is 0 Å². The molecule has 2 rings (SSSR count). The number of carbonyl (C=O) groups is 1. The number of carboxylic acid groups (broad SMARTS) is 1. The van der Waals surface area contributed by atoms with Gasteiger partial charge >= 0.3 is 5.97 Å². The van der Waals surface area contributed by atoms with Gasteiger partial charge in [0, 0.05) is 23.3 Å². The zero-order chi connectivity index (χ0) is 13.2. The maximum Gasteiger partial charge on any atom is 0.310 e. The zero-order valence-electron chi connectivity index (χ0n) is 10.5. The number of aliphatic carboxylic acids is 1. The lowest BCUT2D eigenvalue weighted by molar-refractivity contribution is -0.153. The number of halogens is 1. The number of piperidine rings is 1. The van der Waals surface area contributed by atoms with Crippen LogP contribution in [0.4, 0.5) is 0 Å². The molecule has 0 amide bonds. The Hall–Kier alpha value is -0.580. The van der Waals surface area contributed by atoms with E-state index >= 15 is 0 Å². The van der Waals surface area contributed by atoms with Crippen molar-refractivity contribution in [2.45, 2.75) is 32.7 Å². The van der Waals surface area contributed by atoms with Gasteiger partial charge in [0.15, 0.2) is 0 Å². The van der Waals surface area contributed by atoms with E-state index in [1.165, 1.54) is 4.88 Å². The number of rotatable bonds is 4. The Morgan fingerprint density at radius 1 is 1.67 bits per heavy atom. The summed E-state index contributed by atoms with van der Waals surface area (Å²) in [5.74, 6) is -0.654. The summed E-state index contributed by atoms with van der Waals surface area (Å²) in [6.45, 7) is 4.41. The van der Waals surface area contributed by atoms with E-state index in [9.17, 15) is 9.90 Å². The molecule has 5 heteroatoms. The first-order valence-corrected chi connectivity index (χ1v) is 7.50. The third-order valence-electron chi connectivity index (χ3n) is 3.79. The van der Waals surface area contributed by atoms with Gasteiger partial charge in [-0.2, -0.15) is 0 Å². The summed E-state index contributed by atoms with van der Waals surface area (Å²) >= 11 is 7.55. The van der Waals surface area contributed by atoms with Gasteiger partial charge in [0.25, 0.3) is 0 Å². The SMILES string of the molecule is CCC1(C(=O)O)CCCN(Cc2cc(Cl)cs2)C1. The van der Waals surface area contributed by atoms with Crippen LogP contribution in [-0.2, 0) is 11.3 Å². The molecule has 0 aromatic carbocycles. The molecule has 1 aliphatic heterocycles. The molecule has 1 N–H and O–H groups in total. The molecule has 18 heavy (non-hydrogen) atoms. The van der Waals surface area contributed by atoms with Crippen LogP contribution in [0.5, 0.6) is 0 Å². The summed E-state index contributed by atoms with van der Waals surface area (Å²) in [6, 6.07) is 1.97. The second-order valence-corrected chi connectivity index (χ2v) is 6.42. The molecule has 100 valence electrons. The molecular weight excluding hydrogens is 270 g/mol. The molecule has 1 atom stereocenters. The van der Waals surface area contributed by atoms with Crippen LogP contribution in [0.3, 0.4) is 0 Å². The fraction of sp³-hybridized carbons (Fsp3) is 0.615. The first-order valence-electron chi connectivity index (χ1n) is 6.24. The van der Waals surface area contributed by atoms with Crippen molar-refractivity contribution in [3.63, 3.8) is 0 Å². The molecule has 0 bridgehead atoms. The van der Waals surface area contributed by atoms with Gasteiger partial charge in [-0.1, -0.05) is 18.5 Å². The molecule has 0 spiro atoms. The lowest BCUT2D eigenvalue weighted by Gasteiger charge is -2.39. The fourth-order valence-corrected chi connectivity index (χ4v) is 3.75. The number of likely N-dealkylation sites (tertiary alicyclic amines) is 1. The maximum atomic E-state index is 11.5. The smallest absolute Gasteiger partial charge is 0.310 e. The van der Waals surface area contributed by atoms with E-state index in [0.29, 0.717) is 13.0 Å². The highest BCUT2D eigenvalue weighted by Crippen LogP contribution is 2.34. The third kappa shape index (κ3) is 2.87. The van der Waals surface area contributed by atoms with Crippen LogP contribution in [0.25, 0.3) is 0 Å². The second kappa shape index (κ2) is 5.59. The highest BCUT2D eigenvalue weighted by atomic mass is 35.5. The van der Waals surface area contributed by atoms with Crippen molar-refractivity contribution in [2.24, 2.45) is 5.41 Å². The number of hydrogen-bond donors (Lipinski definition) is 1. The predicted molar refractivity (Wildman–Crippen MR) is 74.2 cm³/mol. The molecule has 1 aromatic heterocycles. The van der Waals surface area contributed by atoms with E-state index < -0.39 is 11.4 Å². The Bertz CT molecular complexity index is 434. The maximum absolute atomic E-state index is 11.5. The minimum absolute atomic E-state index is 0.556. The van der Waals surface area contributed by atoms with Gasteiger partial charge in [-0.25, -0.2) is 0 Å². The van der Waals surface area contributed by atoms with Crippen molar-refractivity contribution in [3.8, 4) is 0 Å². The molecule has 0 saturated carbocycles. The third-order valence-corrected chi connectivity index (χ3v) is 5.06. The lowest BCUT2D eigenvalue weighted by Crippen LogP contribution is -2.47. The van der Waals surface area contributed by atoms with Crippen LogP contribution in [0.2, 0.25) is 5.02 Å². The summed E-state index contributed by atoms with van der Waals surface area (Å²) in [4.78, 5) is 14.9. The van der Waals surface area contributed by atoms with Gasteiger partial charge in [-0.15, -0.1) is 11.3 Å². The Morgan fingerprint density at radius 3 is 3.00 bits per heavy atom. The van der Waals surface area contributed by atoms with Crippen LogP contribution in [-0.4, -0.2) is 29.1 Å². The van der Waals surface area contributed by atoms with Crippen molar-refractivity contribution in [1.29, 1.82) is 0 Å². The van der Waals surface area contributed by atoms with Crippen LogP contribution >= 0.6 is 22.9 Å². The Morgan fingerprint density at radius 2 is 2.44 bits per heavy atom. The van der Waals surface area contributed by atoms with E-state index in [2.05, 4.69) is 4.90 Å². The Kier molecular flexibility index (Phi) is 4.30. The molecule has 1 unspecified atom stereocenters. The van der Waals surface area contributed by atoms with E-state index in [1.54, 1.807) is 11.3 Å². The molecule has 0 radical (unpaired) electrons. The molecule has 1 aromatic rings. The van der Waals surface area contributed by atoms with Gasteiger partial charge in [0.1, 0.15) is 0 Å².